The van der Waals surface area contributed by atoms with Gasteiger partial charge in [0.1, 0.15) is 12.2 Å². The summed E-state index contributed by atoms with van der Waals surface area (Å²) in [6, 6.07) is 6.23. The van der Waals surface area contributed by atoms with Crippen molar-refractivity contribution in [3.05, 3.63) is 29.8 Å². The Balaban J connectivity index is 1.60. The van der Waals surface area contributed by atoms with Crippen LogP contribution in [-0.2, 0) is 9.53 Å². The lowest BCUT2D eigenvalue weighted by Gasteiger charge is -2.34. The van der Waals surface area contributed by atoms with Gasteiger partial charge < -0.3 is 4.74 Å². The summed E-state index contributed by atoms with van der Waals surface area (Å²) >= 11 is 0. The molecule has 1 atom stereocenters. The van der Waals surface area contributed by atoms with Gasteiger partial charge in [-0.15, -0.1) is 0 Å². The second-order valence-electron chi connectivity index (χ2n) is 8.30. The van der Waals surface area contributed by atoms with Crippen LogP contribution in [0.2, 0.25) is 0 Å². The summed E-state index contributed by atoms with van der Waals surface area (Å²) in [5.74, 6) is 0.953. The van der Waals surface area contributed by atoms with Crippen molar-refractivity contribution in [1.29, 1.82) is 0 Å². The first-order chi connectivity index (χ1) is 14.8. The zero-order valence-electron chi connectivity index (χ0n) is 18.4. The van der Waals surface area contributed by atoms with Gasteiger partial charge in [-0.1, -0.05) is 18.8 Å². The molecule has 31 heavy (non-hydrogen) atoms. The number of guanidine groups is 1. The number of amides is 3. The van der Waals surface area contributed by atoms with E-state index in [1.165, 1.54) is 9.80 Å². The summed E-state index contributed by atoms with van der Waals surface area (Å²) in [5.41, 5.74) is 1.35. The van der Waals surface area contributed by atoms with Crippen molar-refractivity contribution in [3.8, 4) is 0 Å². The van der Waals surface area contributed by atoms with Crippen LogP contribution in [0, 0.1) is 5.92 Å². The minimum Gasteiger partial charge on any atom is -0.462 e. The standard InChI is InChI=1S/C22H28N5O4/c1-5-31-20(29)15-6-8-16(9-7-15)25-12-13-26-17-18(23-21(25)26)24(4)22(30)27(19(17)28)11-10-14(2)3/h6-9,14,17H,5,10-13H2,1-4H3/q+1. The molecule has 1 unspecified atom stereocenters. The Bertz CT molecular complexity index is 982. The molecule has 1 aromatic carbocycles. The van der Waals surface area contributed by atoms with E-state index in [0.29, 0.717) is 49.5 Å². The van der Waals surface area contributed by atoms with Crippen LogP contribution in [0.25, 0.3) is 0 Å². The molecule has 0 radical (unpaired) electrons. The Morgan fingerprint density at radius 2 is 1.97 bits per heavy atom. The van der Waals surface area contributed by atoms with Crippen molar-refractivity contribution in [2.75, 3.05) is 38.2 Å². The average Bonchev–Trinajstić information content (AvgIpc) is 3.31. The Morgan fingerprint density at radius 3 is 2.61 bits per heavy atom. The molecule has 3 aliphatic rings. The molecular formula is C22H28N5O4+. The lowest BCUT2D eigenvalue weighted by atomic mass is 10.1. The van der Waals surface area contributed by atoms with Crippen LogP contribution in [-0.4, -0.2) is 83.4 Å². The normalized spacial score (nSPS) is 20.5. The van der Waals surface area contributed by atoms with Gasteiger partial charge in [-0.3, -0.25) is 14.6 Å². The number of carbonyl (C=O) groups is 3. The molecule has 9 nitrogen and oxygen atoms in total. The third-order valence-electron chi connectivity index (χ3n) is 5.82. The molecule has 3 heterocycles. The summed E-state index contributed by atoms with van der Waals surface area (Å²) in [7, 11) is 1.67. The predicted octanol–water partition coefficient (Wildman–Crippen LogP) is 1.77. The molecule has 1 fully saturated rings. The summed E-state index contributed by atoms with van der Waals surface area (Å²) in [4.78, 5) is 47.4. The van der Waals surface area contributed by atoms with Gasteiger partial charge in [0.15, 0.2) is 0 Å². The van der Waals surface area contributed by atoms with E-state index < -0.39 is 6.04 Å². The van der Waals surface area contributed by atoms with Crippen molar-refractivity contribution < 1.29 is 23.7 Å². The van der Waals surface area contributed by atoms with Crippen molar-refractivity contribution in [1.82, 2.24) is 9.80 Å². The summed E-state index contributed by atoms with van der Waals surface area (Å²) < 4.78 is 7.00. The van der Waals surface area contributed by atoms with Crippen LogP contribution in [0.3, 0.4) is 0 Å². The minimum atomic E-state index is -0.575. The molecule has 4 rings (SSSR count). The van der Waals surface area contributed by atoms with Gasteiger partial charge in [-0.05, 0) is 43.5 Å². The van der Waals surface area contributed by atoms with E-state index >= 15 is 0 Å². The van der Waals surface area contributed by atoms with E-state index in [0.717, 1.165) is 12.1 Å². The molecule has 3 amide bonds. The fourth-order valence-corrected chi connectivity index (χ4v) is 4.09. The zero-order valence-corrected chi connectivity index (χ0v) is 18.4. The number of anilines is 1. The van der Waals surface area contributed by atoms with E-state index in [2.05, 4.69) is 18.8 Å². The van der Waals surface area contributed by atoms with Crippen LogP contribution in [0.5, 0.6) is 0 Å². The number of nitrogens with zero attached hydrogens (tertiary/aromatic N) is 5. The molecule has 9 heteroatoms. The van der Waals surface area contributed by atoms with Crippen molar-refractivity contribution in [2.24, 2.45) is 10.9 Å². The number of fused-ring (bicyclic) bond motifs is 2. The number of aliphatic imine (C=N–C) groups is 1. The Hall–Kier alpha value is -3.23. The number of amidine groups is 1. The molecular weight excluding hydrogens is 398 g/mol. The van der Waals surface area contributed by atoms with Crippen molar-refractivity contribution in [3.63, 3.8) is 0 Å². The number of urea groups is 1. The van der Waals surface area contributed by atoms with Gasteiger partial charge in [0.05, 0.1) is 18.7 Å². The molecule has 0 saturated carbocycles. The number of ether oxygens (including phenoxy) is 1. The number of carbonyl (C=O) groups excluding carboxylic acids is 3. The lowest BCUT2D eigenvalue weighted by molar-refractivity contribution is -0.525. The van der Waals surface area contributed by atoms with E-state index in [-0.39, 0.29) is 17.9 Å². The van der Waals surface area contributed by atoms with Gasteiger partial charge in [-0.2, -0.15) is 0 Å². The molecule has 164 valence electrons. The second-order valence-corrected chi connectivity index (χ2v) is 8.30. The molecule has 0 spiro atoms. The van der Waals surface area contributed by atoms with Crippen LogP contribution < -0.4 is 4.90 Å². The highest BCUT2D eigenvalue weighted by Crippen LogP contribution is 2.27. The summed E-state index contributed by atoms with van der Waals surface area (Å²) in [6.45, 7) is 7.94. The largest absolute Gasteiger partial charge is 0.462 e. The number of esters is 1. The average molecular weight is 426 g/mol. The first-order valence-corrected chi connectivity index (χ1v) is 10.7. The monoisotopic (exact) mass is 426 g/mol. The fraction of sp³-hybridized carbons (Fsp3) is 0.500. The maximum absolute atomic E-state index is 13.2. The zero-order chi connectivity index (χ0) is 22.3. The quantitative estimate of drug-likeness (QED) is 0.511. The molecule has 1 saturated heterocycles. The number of likely N-dealkylation sites (N-methyl/N-ethyl adjacent to an activating group) is 1. The first-order valence-electron chi connectivity index (χ1n) is 10.7. The molecule has 0 bridgehead atoms. The van der Waals surface area contributed by atoms with Crippen molar-refractivity contribution in [2.45, 2.75) is 33.2 Å². The molecule has 0 aromatic heterocycles. The number of rotatable bonds is 6. The van der Waals surface area contributed by atoms with Gasteiger partial charge >= 0.3 is 18.0 Å². The maximum Gasteiger partial charge on any atom is 0.397 e. The van der Waals surface area contributed by atoms with Crippen LogP contribution in [0.4, 0.5) is 10.5 Å². The second kappa shape index (κ2) is 8.13. The Labute approximate surface area is 181 Å². The molecule has 0 aliphatic carbocycles. The Morgan fingerprint density at radius 1 is 1.26 bits per heavy atom. The Kier molecular flexibility index (Phi) is 5.51. The van der Waals surface area contributed by atoms with Gasteiger partial charge in [-0.25, -0.2) is 19.1 Å². The summed E-state index contributed by atoms with van der Waals surface area (Å²) in [5, 5.41) is 0. The van der Waals surface area contributed by atoms with E-state index in [4.69, 9.17) is 4.74 Å². The third-order valence-corrected chi connectivity index (χ3v) is 5.82. The first kappa shape index (κ1) is 21.0. The molecule has 3 aliphatic heterocycles. The van der Waals surface area contributed by atoms with E-state index in [1.807, 2.05) is 21.6 Å². The fourth-order valence-electron chi connectivity index (χ4n) is 4.09. The van der Waals surface area contributed by atoms with Gasteiger partial charge in [0, 0.05) is 13.6 Å². The number of hydrogen-bond acceptors (Lipinski definition) is 6. The third kappa shape index (κ3) is 3.58. The highest BCUT2D eigenvalue weighted by atomic mass is 16.5. The van der Waals surface area contributed by atoms with Crippen LogP contribution >= 0.6 is 0 Å². The number of benzene rings is 1. The van der Waals surface area contributed by atoms with Gasteiger partial charge in [0.25, 0.3) is 5.91 Å². The van der Waals surface area contributed by atoms with Crippen LogP contribution in [0.15, 0.2) is 29.3 Å². The smallest absolute Gasteiger partial charge is 0.397 e. The highest BCUT2D eigenvalue weighted by molar-refractivity contribution is 6.24. The lowest BCUT2D eigenvalue weighted by Crippen LogP contribution is -2.62. The molecule has 0 N–H and O–H groups in total. The van der Waals surface area contributed by atoms with Gasteiger partial charge in [0.2, 0.25) is 11.9 Å². The number of hydrogen-bond donors (Lipinski definition) is 0. The maximum atomic E-state index is 13.2. The minimum absolute atomic E-state index is 0.211. The topological polar surface area (TPSA) is 85.5 Å². The van der Waals surface area contributed by atoms with E-state index in [9.17, 15) is 14.4 Å². The van der Waals surface area contributed by atoms with E-state index in [1.54, 1.807) is 26.1 Å². The molecule has 1 aromatic rings. The van der Waals surface area contributed by atoms with Crippen LogP contribution in [0.1, 0.15) is 37.6 Å². The predicted molar refractivity (Wildman–Crippen MR) is 115 cm³/mol. The summed E-state index contributed by atoms with van der Waals surface area (Å²) in [6.07, 6.45) is 0.764. The number of imide groups is 1. The van der Waals surface area contributed by atoms with Crippen molar-refractivity contribution >= 4 is 35.4 Å². The highest BCUT2D eigenvalue weighted by Gasteiger charge is 2.55. The SMILES string of the molecule is CCOC(=O)c1ccc(N2CC[N+]3=C2N=C2C3C(=O)N(CCC(C)C)C(=O)N2C)cc1.